The van der Waals surface area contributed by atoms with E-state index < -0.39 is 0 Å². The summed E-state index contributed by atoms with van der Waals surface area (Å²) in [6, 6.07) is 8.16. The Bertz CT molecular complexity index is 708. The minimum Gasteiger partial charge on any atom is -0.459 e. The number of fused-ring (bicyclic) bond motifs is 1. The second-order valence-corrected chi connectivity index (χ2v) is 6.37. The lowest BCUT2D eigenvalue weighted by Crippen LogP contribution is -2.40. The molecule has 1 aliphatic rings. The number of furan rings is 1. The van der Waals surface area contributed by atoms with Crippen LogP contribution in [0.1, 0.15) is 24.7 Å². The molecule has 0 saturated carbocycles. The van der Waals surface area contributed by atoms with Gasteiger partial charge in [-0.05, 0) is 26.3 Å². The number of guanidine groups is 1. The first kappa shape index (κ1) is 16.8. The zero-order valence-corrected chi connectivity index (χ0v) is 14.8. The Hall–Kier alpha value is -2.01. The van der Waals surface area contributed by atoms with Gasteiger partial charge in [-0.15, -0.1) is 0 Å². The highest BCUT2D eigenvalue weighted by molar-refractivity contribution is 5.82. The van der Waals surface area contributed by atoms with Crippen LogP contribution in [0.25, 0.3) is 11.0 Å². The molecular weight excluding hydrogens is 302 g/mol. The highest BCUT2D eigenvalue weighted by Gasteiger charge is 2.24. The normalized spacial score (nSPS) is 18.5. The maximum absolute atomic E-state index is 5.98. The number of aryl methyl sites for hydroxylation is 1. The lowest BCUT2D eigenvalue weighted by atomic mass is 10.1. The summed E-state index contributed by atoms with van der Waals surface area (Å²) in [5.41, 5.74) is 2.12. The second-order valence-electron chi connectivity index (χ2n) is 6.37. The van der Waals surface area contributed by atoms with Crippen LogP contribution >= 0.6 is 0 Å². The Labute approximate surface area is 143 Å². The molecule has 1 fully saturated rings. The zero-order valence-electron chi connectivity index (χ0n) is 14.8. The molecular formula is C19H27N3O2. The summed E-state index contributed by atoms with van der Waals surface area (Å²) in [6.45, 7) is 8.48. The summed E-state index contributed by atoms with van der Waals surface area (Å²) in [5.74, 6) is 2.50. The Morgan fingerprint density at radius 1 is 1.42 bits per heavy atom. The fourth-order valence-electron chi connectivity index (χ4n) is 3.35. The van der Waals surface area contributed by atoms with Crippen LogP contribution in [0.4, 0.5) is 0 Å². The maximum atomic E-state index is 5.98. The Morgan fingerprint density at radius 2 is 2.25 bits per heavy atom. The van der Waals surface area contributed by atoms with Crippen molar-refractivity contribution in [2.45, 2.75) is 26.8 Å². The SMILES string of the molecule is CCNC(=NCc1oc2ccccc2c1C)N1CCC(COC)C1. The van der Waals surface area contributed by atoms with Crippen LogP contribution in [0.3, 0.4) is 0 Å². The van der Waals surface area contributed by atoms with Gasteiger partial charge in [0.25, 0.3) is 0 Å². The van der Waals surface area contributed by atoms with Crippen LogP contribution in [0, 0.1) is 12.8 Å². The standard InChI is InChI=1S/C19H27N3O2/c1-4-20-19(22-10-9-15(12-22)13-23-3)21-11-18-14(2)16-7-5-6-8-17(16)24-18/h5-8,15H,4,9-13H2,1-3H3,(H,20,21). The maximum Gasteiger partial charge on any atom is 0.194 e. The number of hydrogen-bond acceptors (Lipinski definition) is 3. The Balaban J connectivity index is 1.75. The van der Waals surface area contributed by atoms with Crippen molar-refractivity contribution in [3.05, 3.63) is 35.6 Å². The van der Waals surface area contributed by atoms with Gasteiger partial charge >= 0.3 is 0 Å². The number of rotatable bonds is 5. The number of nitrogens with one attached hydrogen (secondary N) is 1. The fraction of sp³-hybridized carbons (Fsp3) is 0.526. The predicted molar refractivity (Wildman–Crippen MR) is 97.3 cm³/mol. The molecule has 2 aromatic rings. The van der Waals surface area contributed by atoms with E-state index in [1.54, 1.807) is 7.11 Å². The van der Waals surface area contributed by atoms with Crippen molar-refractivity contribution in [3.8, 4) is 0 Å². The van der Waals surface area contributed by atoms with Crippen LogP contribution in [-0.2, 0) is 11.3 Å². The topological polar surface area (TPSA) is 50.0 Å². The monoisotopic (exact) mass is 329 g/mol. The van der Waals surface area contributed by atoms with Crippen LogP contribution in [0.15, 0.2) is 33.7 Å². The van der Waals surface area contributed by atoms with E-state index in [-0.39, 0.29) is 0 Å². The first-order valence-electron chi connectivity index (χ1n) is 8.72. The van der Waals surface area contributed by atoms with Gasteiger partial charge in [0.05, 0.1) is 6.61 Å². The third-order valence-corrected chi connectivity index (χ3v) is 4.64. The molecule has 0 aliphatic carbocycles. The lowest BCUT2D eigenvalue weighted by molar-refractivity contribution is 0.157. The summed E-state index contributed by atoms with van der Waals surface area (Å²) in [7, 11) is 1.77. The van der Waals surface area contributed by atoms with Gasteiger partial charge in [0, 0.05) is 43.6 Å². The van der Waals surface area contributed by atoms with Crippen molar-refractivity contribution in [1.29, 1.82) is 0 Å². The molecule has 1 aromatic heterocycles. The molecule has 5 nitrogen and oxygen atoms in total. The van der Waals surface area contributed by atoms with Crippen molar-refractivity contribution < 1.29 is 9.15 Å². The molecule has 0 spiro atoms. The van der Waals surface area contributed by atoms with E-state index in [9.17, 15) is 0 Å². The lowest BCUT2D eigenvalue weighted by Gasteiger charge is -2.21. The molecule has 0 bridgehead atoms. The Morgan fingerprint density at radius 3 is 3.00 bits per heavy atom. The van der Waals surface area contributed by atoms with Crippen molar-refractivity contribution in [2.24, 2.45) is 10.9 Å². The highest BCUT2D eigenvalue weighted by atomic mass is 16.5. The number of ether oxygens (including phenoxy) is 1. The number of likely N-dealkylation sites (tertiary alicyclic amines) is 1. The van der Waals surface area contributed by atoms with Gasteiger partial charge in [-0.25, -0.2) is 4.99 Å². The summed E-state index contributed by atoms with van der Waals surface area (Å²) in [6.07, 6.45) is 1.15. The van der Waals surface area contributed by atoms with Gasteiger partial charge in [0.15, 0.2) is 5.96 Å². The largest absolute Gasteiger partial charge is 0.459 e. The van der Waals surface area contributed by atoms with E-state index in [0.29, 0.717) is 12.5 Å². The van der Waals surface area contributed by atoms with E-state index in [1.807, 2.05) is 18.2 Å². The molecule has 1 aromatic carbocycles. The zero-order chi connectivity index (χ0) is 16.9. The summed E-state index contributed by atoms with van der Waals surface area (Å²) < 4.78 is 11.3. The van der Waals surface area contributed by atoms with Crippen LogP contribution in [-0.4, -0.2) is 44.2 Å². The van der Waals surface area contributed by atoms with Crippen LogP contribution < -0.4 is 5.32 Å². The summed E-state index contributed by atoms with van der Waals surface area (Å²) in [5, 5.41) is 4.58. The van der Waals surface area contributed by atoms with Crippen LogP contribution in [0.5, 0.6) is 0 Å². The number of hydrogen-bond donors (Lipinski definition) is 1. The summed E-state index contributed by atoms with van der Waals surface area (Å²) in [4.78, 5) is 7.14. The average molecular weight is 329 g/mol. The molecule has 3 rings (SSSR count). The number of nitrogens with zero attached hydrogens (tertiary/aromatic N) is 2. The van der Waals surface area contributed by atoms with E-state index in [1.165, 1.54) is 10.9 Å². The van der Waals surface area contributed by atoms with Gasteiger partial charge in [-0.2, -0.15) is 0 Å². The third kappa shape index (κ3) is 3.56. The first-order valence-corrected chi connectivity index (χ1v) is 8.72. The van der Waals surface area contributed by atoms with Gasteiger partial charge in [0.2, 0.25) is 0 Å². The van der Waals surface area contributed by atoms with E-state index >= 15 is 0 Å². The fourth-order valence-corrected chi connectivity index (χ4v) is 3.35. The number of para-hydroxylation sites is 1. The van der Waals surface area contributed by atoms with Gasteiger partial charge in [-0.1, -0.05) is 18.2 Å². The molecule has 24 heavy (non-hydrogen) atoms. The number of aliphatic imine (C=N–C) groups is 1. The van der Waals surface area contributed by atoms with E-state index in [0.717, 1.165) is 50.0 Å². The number of benzene rings is 1. The highest BCUT2D eigenvalue weighted by Crippen LogP contribution is 2.25. The minimum absolute atomic E-state index is 0.564. The van der Waals surface area contributed by atoms with E-state index in [4.69, 9.17) is 14.1 Å². The van der Waals surface area contributed by atoms with Crippen molar-refractivity contribution in [2.75, 3.05) is 33.4 Å². The molecule has 0 radical (unpaired) electrons. The van der Waals surface area contributed by atoms with Crippen molar-refractivity contribution in [1.82, 2.24) is 10.2 Å². The van der Waals surface area contributed by atoms with Gasteiger partial charge in [-0.3, -0.25) is 0 Å². The molecule has 0 amide bonds. The van der Waals surface area contributed by atoms with Crippen LogP contribution in [0.2, 0.25) is 0 Å². The molecule has 1 saturated heterocycles. The molecule has 2 heterocycles. The second kappa shape index (κ2) is 7.71. The third-order valence-electron chi connectivity index (χ3n) is 4.64. The minimum atomic E-state index is 0.564. The van der Waals surface area contributed by atoms with E-state index in [2.05, 4.69) is 30.1 Å². The Kier molecular flexibility index (Phi) is 5.41. The molecule has 130 valence electrons. The van der Waals surface area contributed by atoms with Gasteiger partial charge in [0.1, 0.15) is 17.9 Å². The molecule has 1 N–H and O–H groups in total. The molecule has 1 unspecified atom stereocenters. The molecule has 5 heteroatoms. The average Bonchev–Trinajstić information content (AvgIpc) is 3.17. The van der Waals surface area contributed by atoms with Gasteiger partial charge < -0.3 is 19.4 Å². The van der Waals surface area contributed by atoms with Crippen molar-refractivity contribution >= 4 is 16.9 Å². The molecule has 1 atom stereocenters. The predicted octanol–water partition coefficient (Wildman–Crippen LogP) is 3.18. The van der Waals surface area contributed by atoms with Crippen molar-refractivity contribution in [3.63, 3.8) is 0 Å². The smallest absolute Gasteiger partial charge is 0.194 e. The summed E-state index contributed by atoms with van der Waals surface area (Å²) >= 11 is 0. The number of methoxy groups -OCH3 is 1. The first-order chi connectivity index (χ1) is 11.7. The quantitative estimate of drug-likeness (QED) is 0.676. The molecule has 1 aliphatic heterocycles.